The van der Waals surface area contributed by atoms with E-state index in [1.807, 2.05) is 6.92 Å². The molecule has 0 nitrogen and oxygen atoms in total. The van der Waals surface area contributed by atoms with Gasteiger partial charge in [0.15, 0.2) is 0 Å². The molecule has 1 rings (SSSR count). The van der Waals surface area contributed by atoms with Crippen molar-refractivity contribution in [3.63, 3.8) is 0 Å². The number of alkyl halides is 3. The number of rotatable bonds is 2. The van der Waals surface area contributed by atoms with Crippen molar-refractivity contribution >= 4 is 11.6 Å². The van der Waals surface area contributed by atoms with Crippen LogP contribution in [0.4, 0.5) is 13.2 Å². The molecule has 0 saturated carbocycles. The van der Waals surface area contributed by atoms with Crippen LogP contribution in [0.5, 0.6) is 0 Å². The summed E-state index contributed by atoms with van der Waals surface area (Å²) in [6.07, 6.45) is -2.72. The summed E-state index contributed by atoms with van der Waals surface area (Å²) in [5, 5.41) is -0.219. The Morgan fingerprint density at radius 3 is 2.36 bits per heavy atom. The highest BCUT2D eigenvalue weighted by molar-refractivity contribution is 6.31. The van der Waals surface area contributed by atoms with Crippen molar-refractivity contribution in [1.82, 2.24) is 0 Å². The van der Waals surface area contributed by atoms with Gasteiger partial charge in [-0.15, -0.1) is 0 Å². The third-order valence-corrected chi connectivity index (χ3v) is 2.19. The molecule has 0 aromatic heterocycles. The maximum atomic E-state index is 12.3. The van der Waals surface area contributed by atoms with Gasteiger partial charge >= 0.3 is 6.18 Å². The molecule has 0 amide bonds. The maximum Gasteiger partial charge on any atom is 0.417 e. The first-order valence-electron chi connectivity index (χ1n) is 4.30. The molecule has 0 unspecified atom stereocenters. The highest BCUT2D eigenvalue weighted by Gasteiger charge is 2.32. The van der Waals surface area contributed by atoms with Gasteiger partial charge in [-0.1, -0.05) is 31.0 Å². The Balaban J connectivity index is 3.02. The van der Waals surface area contributed by atoms with Gasteiger partial charge in [0.1, 0.15) is 0 Å². The van der Waals surface area contributed by atoms with Gasteiger partial charge in [0.25, 0.3) is 0 Å². The van der Waals surface area contributed by atoms with Crippen LogP contribution in [0.25, 0.3) is 0 Å². The molecule has 0 aliphatic carbocycles. The quantitative estimate of drug-likeness (QED) is 0.700. The van der Waals surface area contributed by atoms with Crippen LogP contribution < -0.4 is 0 Å². The van der Waals surface area contributed by atoms with Crippen LogP contribution in [0.2, 0.25) is 5.02 Å². The first-order chi connectivity index (χ1) is 6.45. The summed E-state index contributed by atoms with van der Waals surface area (Å²) in [6, 6.07) is 3.89. The summed E-state index contributed by atoms with van der Waals surface area (Å²) >= 11 is 5.53. The van der Waals surface area contributed by atoms with Gasteiger partial charge in [0.05, 0.1) is 10.6 Å². The van der Waals surface area contributed by atoms with Crippen molar-refractivity contribution in [2.75, 3.05) is 0 Å². The van der Waals surface area contributed by atoms with Crippen LogP contribution in [0.3, 0.4) is 0 Å². The standard InChI is InChI=1S/C10H10ClF3/c1-2-3-7-4-5-8(9(11)6-7)10(12,13)14/h4-6H,2-3H2,1H3. The summed E-state index contributed by atoms with van der Waals surface area (Å²) < 4.78 is 36.8. The normalized spacial score (nSPS) is 11.8. The van der Waals surface area contributed by atoms with E-state index in [9.17, 15) is 13.2 Å². The first kappa shape index (κ1) is 11.4. The van der Waals surface area contributed by atoms with Crippen LogP contribution in [-0.4, -0.2) is 0 Å². The van der Waals surface area contributed by atoms with E-state index >= 15 is 0 Å². The Hall–Kier alpha value is -0.700. The lowest BCUT2D eigenvalue weighted by molar-refractivity contribution is -0.137. The van der Waals surface area contributed by atoms with Crippen molar-refractivity contribution < 1.29 is 13.2 Å². The van der Waals surface area contributed by atoms with Gasteiger partial charge in [0, 0.05) is 0 Å². The monoisotopic (exact) mass is 222 g/mol. The third kappa shape index (κ3) is 2.64. The van der Waals surface area contributed by atoms with Crippen molar-refractivity contribution in [2.45, 2.75) is 25.9 Å². The summed E-state index contributed by atoms with van der Waals surface area (Å²) in [5.74, 6) is 0. The summed E-state index contributed by atoms with van der Waals surface area (Å²) in [4.78, 5) is 0. The molecule has 0 aliphatic heterocycles. The second-order valence-electron chi connectivity index (χ2n) is 3.06. The molecule has 0 heterocycles. The van der Waals surface area contributed by atoms with Crippen molar-refractivity contribution in [3.05, 3.63) is 34.3 Å². The fourth-order valence-corrected chi connectivity index (χ4v) is 1.54. The lowest BCUT2D eigenvalue weighted by Gasteiger charge is -2.09. The average molecular weight is 223 g/mol. The molecular formula is C10H10ClF3. The molecule has 14 heavy (non-hydrogen) atoms. The predicted octanol–water partition coefficient (Wildman–Crippen LogP) is 4.31. The Labute approximate surface area is 85.7 Å². The molecule has 0 radical (unpaired) electrons. The highest BCUT2D eigenvalue weighted by atomic mass is 35.5. The van der Waals surface area contributed by atoms with Crippen LogP contribution in [0.1, 0.15) is 24.5 Å². The highest BCUT2D eigenvalue weighted by Crippen LogP contribution is 2.34. The van der Waals surface area contributed by atoms with Crippen molar-refractivity contribution in [1.29, 1.82) is 0 Å². The first-order valence-corrected chi connectivity index (χ1v) is 4.68. The van der Waals surface area contributed by atoms with E-state index in [1.165, 1.54) is 12.1 Å². The number of hydrogen-bond donors (Lipinski definition) is 0. The lowest BCUT2D eigenvalue weighted by atomic mass is 10.1. The molecule has 0 bridgehead atoms. The molecule has 1 aromatic carbocycles. The topological polar surface area (TPSA) is 0 Å². The van der Waals surface area contributed by atoms with Crippen molar-refractivity contribution in [2.24, 2.45) is 0 Å². The molecule has 4 heteroatoms. The van der Waals surface area contributed by atoms with E-state index in [2.05, 4.69) is 0 Å². The molecule has 1 aromatic rings. The number of aryl methyl sites for hydroxylation is 1. The van der Waals surface area contributed by atoms with E-state index in [0.717, 1.165) is 24.5 Å². The van der Waals surface area contributed by atoms with E-state index < -0.39 is 11.7 Å². The minimum Gasteiger partial charge on any atom is -0.166 e. The van der Waals surface area contributed by atoms with Crippen LogP contribution in [-0.2, 0) is 12.6 Å². The second kappa shape index (κ2) is 4.22. The molecule has 0 N–H and O–H groups in total. The Kier molecular flexibility index (Phi) is 3.43. The number of halogens is 4. The predicted molar refractivity (Wildman–Crippen MR) is 50.4 cm³/mol. The molecule has 0 spiro atoms. The molecule has 0 aliphatic rings. The average Bonchev–Trinajstić information content (AvgIpc) is 2.02. The maximum absolute atomic E-state index is 12.3. The van der Waals surface area contributed by atoms with Crippen LogP contribution in [0, 0.1) is 0 Å². The van der Waals surface area contributed by atoms with E-state index in [1.54, 1.807) is 0 Å². The largest absolute Gasteiger partial charge is 0.417 e. The minimum absolute atomic E-state index is 0.219. The summed E-state index contributed by atoms with van der Waals surface area (Å²) in [7, 11) is 0. The number of hydrogen-bond acceptors (Lipinski definition) is 0. The fraction of sp³-hybridized carbons (Fsp3) is 0.400. The second-order valence-corrected chi connectivity index (χ2v) is 3.47. The molecule has 0 atom stereocenters. The number of benzene rings is 1. The van der Waals surface area contributed by atoms with Gasteiger partial charge in [-0.3, -0.25) is 0 Å². The molecule has 0 fully saturated rings. The molecule has 78 valence electrons. The lowest BCUT2D eigenvalue weighted by Crippen LogP contribution is -2.05. The summed E-state index contributed by atoms with van der Waals surface area (Å²) in [6.45, 7) is 1.96. The van der Waals surface area contributed by atoms with Crippen molar-refractivity contribution in [3.8, 4) is 0 Å². The minimum atomic E-state index is -4.36. The van der Waals surface area contributed by atoms with Crippen LogP contribution in [0.15, 0.2) is 18.2 Å². The Morgan fingerprint density at radius 1 is 1.29 bits per heavy atom. The smallest absolute Gasteiger partial charge is 0.166 e. The zero-order chi connectivity index (χ0) is 10.8. The SMILES string of the molecule is CCCc1ccc(C(F)(F)F)c(Cl)c1. The zero-order valence-corrected chi connectivity index (χ0v) is 8.41. The van der Waals surface area contributed by atoms with Gasteiger partial charge in [-0.25, -0.2) is 0 Å². The summed E-state index contributed by atoms with van der Waals surface area (Å²) in [5.41, 5.74) is 0.0736. The zero-order valence-electron chi connectivity index (χ0n) is 7.66. The van der Waals surface area contributed by atoms with Crippen LogP contribution >= 0.6 is 11.6 Å². The van der Waals surface area contributed by atoms with E-state index in [4.69, 9.17) is 11.6 Å². The van der Waals surface area contributed by atoms with E-state index in [0.29, 0.717) is 0 Å². The molecular weight excluding hydrogens is 213 g/mol. The van der Waals surface area contributed by atoms with Gasteiger partial charge in [0.2, 0.25) is 0 Å². The fourth-order valence-electron chi connectivity index (χ4n) is 1.23. The Morgan fingerprint density at radius 2 is 1.93 bits per heavy atom. The Bertz CT molecular complexity index is 318. The third-order valence-electron chi connectivity index (χ3n) is 1.88. The van der Waals surface area contributed by atoms with E-state index in [-0.39, 0.29) is 5.02 Å². The van der Waals surface area contributed by atoms with Gasteiger partial charge in [-0.05, 0) is 24.1 Å². The van der Waals surface area contributed by atoms with Gasteiger partial charge in [-0.2, -0.15) is 13.2 Å². The van der Waals surface area contributed by atoms with Gasteiger partial charge < -0.3 is 0 Å². The molecule has 0 saturated heterocycles.